The Morgan fingerprint density at radius 1 is 1.17 bits per heavy atom. The minimum atomic E-state index is -3.79. The van der Waals surface area contributed by atoms with Crippen LogP contribution in [0.3, 0.4) is 0 Å². The minimum absolute atomic E-state index is 0.0160. The lowest BCUT2D eigenvalue weighted by Gasteiger charge is -2.09. The third-order valence-corrected chi connectivity index (χ3v) is 7.08. The lowest BCUT2D eigenvalue weighted by atomic mass is 10.3. The van der Waals surface area contributed by atoms with Crippen LogP contribution < -0.4 is 4.72 Å². The highest BCUT2D eigenvalue weighted by Crippen LogP contribution is 2.31. The van der Waals surface area contributed by atoms with E-state index in [0.717, 1.165) is 14.6 Å². The molecule has 0 fully saturated rings. The molecule has 0 bridgehead atoms. The number of nitrogens with one attached hydrogen (secondary N) is 1. The number of sulfonamides is 1. The fourth-order valence-electron chi connectivity index (χ4n) is 1.96. The Balaban J connectivity index is 1.96. The predicted octanol–water partition coefficient (Wildman–Crippen LogP) is 5.13. The van der Waals surface area contributed by atoms with E-state index in [4.69, 9.17) is 23.2 Å². The number of fused-ring (bicyclic) bond motifs is 1. The van der Waals surface area contributed by atoms with Gasteiger partial charge in [-0.1, -0.05) is 35.0 Å². The van der Waals surface area contributed by atoms with Crippen molar-refractivity contribution in [3.05, 3.63) is 46.4 Å². The number of aromatic nitrogens is 1. The molecule has 0 aliphatic carbocycles. The third kappa shape index (κ3) is 3.59. The molecular formula is C14H10Cl2N2O2S3. The van der Waals surface area contributed by atoms with Crippen molar-refractivity contribution in [1.82, 2.24) is 4.98 Å². The molecule has 1 heterocycles. The molecule has 4 nitrogen and oxygen atoms in total. The van der Waals surface area contributed by atoms with Gasteiger partial charge in [0.1, 0.15) is 4.90 Å². The zero-order valence-corrected chi connectivity index (χ0v) is 15.7. The lowest BCUT2D eigenvalue weighted by molar-refractivity contribution is 0.601. The second-order valence-electron chi connectivity index (χ2n) is 4.55. The molecule has 23 heavy (non-hydrogen) atoms. The number of thioether (sulfide) groups is 1. The molecule has 0 unspecified atom stereocenters. The van der Waals surface area contributed by atoms with Crippen molar-refractivity contribution in [2.75, 3.05) is 11.0 Å². The molecule has 0 atom stereocenters. The second-order valence-corrected chi connectivity index (χ2v) is 9.13. The van der Waals surface area contributed by atoms with Crippen LogP contribution >= 0.6 is 46.3 Å². The Labute approximate surface area is 151 Å². The Kier molecular flexibility index (Phi) is 4.75. The maximum absolute atomic E-state index is 12.5. The Bertz CT molecular complexity index is 987. The molecule has 1 N–H and O–H groups in total. The van der Waals surface area contributed by atoms with E-state index < -0.39 is 10.0 Å². The second kappa shape index (κ2) is 6.49. The molecule has 0 saturated heterocycles. The number of benzene rings is 2. The summed E-state index contributed by atoms with van der Waals surface area (Å²) in [7, 11) is -3.79. The van der Waals surface area contributed by atoms with Gasteiger partial charge in [0.2, 0.25) is 0 Å². The lowest BCUT2D eigenvalue weighted by Crippen LogP contribution is -2.13. The molecule has 0 radical (unpaired) electrons. The van der Waals surface area contributed by atoms with Gasteiger partial charge in [-0.25, -0.2) is 13.4 Å². The SMILES string of the molecule is CSc1nc2ccc(NS(=O)(=O)c3ccc(Cl)cc3Cl)cc2s1. The first-order valence-electron chi connectivity index (χ1n) is 6.31. The first kappa shape index (κ1) is 16.9. The Morgan fingerprint density at radius 2 is 1.96 bits per heavy atom. The fourth-order valence-corrected chi connectivity index (χ4v) is 5.31. The van der Waals surface area contributed by atoms with Crippen LogP contribution in [-0.4, -0.2) is 19.7 Å². The van der Waals surface area contributed by atoms with Crippen LogP contribution in [0.2, 0.25) is 10.0 Å². The fraction of sp³-hybridized carbons (Fsp3) is 0.0714. The highest BCUT2D eigenvalue weighted by atomic mass is 35.5. The number of hydrogen-bond acceptors (Lipinski definition) is 5. The summed E-state index contributed by atoms with van der Waals surface area (Å²) >= 11 is 14.8. The number of nitrogens with zero attached hydrogens (tertiary/aromatic N) is 1. The molecule has 0 saturated carbocycles. The first-order chi connectivity index (χ1) is 10.9. The largest absolute Gasteiger partial charge is 0.280 e. The van der Waals surface area contributed by atoms with Crippen LogP contribution in [0.1, 0.15) is 0 Å². The van der Waals surface area contributed by atoms with E-state index in [1.165, 1.54) is 29.5 Å². The first-order valence-corrected chi connectivity index (χ1v) is 10.6. The minimum Gasteiger partial charge on any atom is -0.280 e. The van der Waals surface area contributed by atoms with Crippen LogP contribution in [0.15, 0.2) is 45.6 Å². The van der Waals surface area contributed by atoms with E-state index in [1.54, 1.807) is 30.0 Å². The molecule has 0 aliphatic heterocycles. The standard InChI is InChI=1S/C14H10Cl2N2O2S3/c1-21-14-17-11-4-3-9(7-12(11)22-14)18-23(19,20)13-5-2-8(15)6-10(13)16/h2-7,18H,1H3. The van der Waals surface area contributed by atoms with Gasteiger partial charge in [0.15, 0.2) is 4.34 Å². The van der Waals surface area contributed by atoms with Gasteiger partial charge in [-0.05, 0) is 42.7 Å². The van der Waals surface area contributed by atoms with Gasteiger partial charge in [-0.2, -0.15) is 0 Å². The highest BCUT2D eigenvalue weighted by Gasteiger charge is 2.18. The zero-order chi connectivity index (χ0) is 16.6. The van der Waals surface area contributed by atoms with E-state index in [0.29, 0.717) is 10.7 Å². The van der Waals surface area contributed by atoms with Crippen molar-refractivity contribution in [1.29, 1.82) is 0 Å². The van der Waals surface area contributed by atoms with Gasteiger partial charge in [-0.3, -0.25) is 4.72 Å². The van der Waals surface area contributed by atoms with E-state index in [2.05, 4.69) is 9.71 Å². The summed E-state index contributed by atoms with van der Waals surface area (Å²) in [6, 6.07) is 9.48. The average Bonchev–Trinajstić information content (AvgIpc) is 2.88. The molecule has 2 aromatic carbocycles. The van der Waals surface area contributed by atoms with Gasteiger partial charge in [0.05, 0.1) is 20.9 Å². The molecule has 120 valence electrons. The predicted molar refractivity (Wildman–Crippen MR) is 98.7 cm³/mol. The van der Waals surface area contributed by atoms with Crippen molar-refractivity contribution >= 4 is 72.2 Å². The molecular weight excluding hydrogens is 395 g/mol. The summed E-state index contributed by atoms with van der Waals surface area (Å²) in [5, 5.41) is 0.457. The number of halogens is 2. The van der Waals surface area contributed by atoms with Gasteiger partial charge in [0.25, 0.3) is 10.0 Å². The number of thiazole rings is 1. The number of hydrogen-bond donors (Lipinski definition) is 1. The number of anilines is 1. The summed E-state index contributed by atoms with van der Waals surface area (Å²) < 4.78 is 29.3. The Hall–Kier alpha value is -0.990. The van der Waals surface area contributed by atoms with E-state index >= 15 is 0 Å². The molecule has 3 rings (SSSR count). The number of rotatable bonds is 4. The average molecular weight is 405 g/mol. The van der Waals surface area contributed by atoms with Crippen LogP contribution in [0, 0.1) is 0 Å². The normalized spacial score (nSPS) is 11.8. The van der Waals surface area contributed by atoms with Crippen LogP contribution in [0.4, 0.5) is 5.69 Å². The summed E-state index contributed by atoms with van der Waals surface area (Å²) in [5.41, 5.74) is 1.30. The maximum Gasteiger partial charge on any atom is 0.263 e. The summed E-state index contributed by atoms with van der Waals surface area (Å²) in [5.74, 6) is 0. The van der Waals surface area contributed by atoms with Crippen molar-refractivity contribution in [2.24, 2.45) is 0 Å². The van der Waals surface area contributed by atoms with Crippen LogP contribution in [0.5, 0.6) is 0 Å². The van der Waals surface area contributed by atoms with Crippen molar-refractivity contribution in [3.63, 3.8) is 0 Å². The van der Waals surface area contributed by atoms with E-state index in [9.17, 15) is 8.42 Å². The van der Waals surface area contributed by atoms with Gasteiger partial charge in [-0.15, -0.1) is 11.3 Å². The van der Waals surface area contributed by atoms with E-state index in [-0.39, 0.29) is 9.92 Å². The molecule has 3 aromatic rings. The van der Waals surface area contributed by atoms with Crippen molar-refractivity contribution < 1.29 is 8.42 Å². The van der Waals surface area contributed by atoms with Gasteiger partial charge >= 0.3 is 0 Å². The quantitative estimate of drug-likeness (QED) is 0.612. The Morgan fingerprint density at radius 3 is 2.65 bits per heavy atom. The summed E-state index contributed by atoms with van der Waals surface area (Å²) in [4.78, 5) is 4.40. The highest BCUT2D eigenvalue weighted by molar-refractivity contribution is 8.00. The molecule has 0 amide bonds. The van der Waals surface area contributed by atoms with Crippen LogP contribution in [-0.2, 0) is 10.0 Å². The van der Waals surface area contributed by atoms with Crippen molar-refractivity contribution in [2.45, 2.75) is 9.24 Å². The smallest absolute Gasteiger partial charge is 0.263 e. The van der Waals surface area contributed by atoms with E-state index in [1.807, 2.05) is 6.26 Å². The van der Waals surface area contributed by atoms with Gasteiger partial charge in [0, 0.05) is 5.02 Å². The van der Waals surface area contributed by atoms with Gasteiger partial charge < -0.3 is 0 Å². The van der Waals surface area contributed by atoms with Crippen molar-refractivity contribution in [3.8, 4) is 0 Å². The molecule has 1 aromatic heterocycles. The molecule has 9 heteroatoms. The monoisotopic (exact) mass is 404 g/mol. The topological polar surface area (TPSA) is 59.1 Å². The summed E-state index contributed by atoms with van der Waals surface area (Å²) in [6.07, 6.45) is 1.95. The molecule has 0 aliphatic rings. The third-order valence-electron chi connectivity index (χ3n) is 2.98. The summed E-state index contributed by atoms with van der Waals surface area (Å²) in [6.45, 7) is 0. The van der Waals surface area contributed by atoms with Crippen LogP contribution in [0.25, 0.3) is 10.2 Å². The molecule has 0 spiro atoms. The zero-order valence-electron chi connectivity index (χ0n) is 11.7. The maximum atomic E-state index is 12.5.